The normalized spacial score (nSPS) is 18.7. The van der Waals surface area contributed by atoms with E-state index in [4.69, 9.17) is 0 Å². The minimum Gasteiger partial charge on any atom is -0.480 e. The maximum atomic E-state index is 12.5. The summed E-state index contributed by atoms with van der Waals surface area (Å²) in [6.45, 7) is 0.458. The molecule has 1 aliphatic heterocycles. The molecule has 1 aromatic rings. The van der Waals surface area contributed by atoms with Gasteiger partial charge in [0.25, 0.3) is 5.91 Å². The van der Waals surface area contributed by atoms with Crippen molar-refractivity contribution in [1.82, 2.24) is 9.88 Å². The Bertz CT molecular complexity index is 521. The van der Waals surface area contributed by atoms with Gasteiger partial charge in [-0.25, -0.2) is 9.78 Å². The minimum absolute atomic E-state index is 0.247. The quantitative estimate of drug-likeness (QED) is 0.889. The molecule has 2 heterocycles. The van der Waals surface area contributed by atoms with E-state index in [1.54, 1.807) is 35.0 Å². The molecule has 1 aliphatic rings. The summed E-state index contributed by atoms with van der Waals surface area (Å²) in [7, 11) is 3.68. The highest BCUT2D eigenvalue weighted by molar-refractivity contribution is 7.99. The van der Waals surface area contributed by atoms with Gasteiger partial charge >= 0.3 is 5.97 Å². The van der Waals surface area contributed by atoms with Crippen molar-refractivity contribution in [3.8, 4) is 0 Å². The summed E-state index contributed by atoms with van der Waals surface area (Å²) in [5.74, 6) is 0.679. The Morgan fingerprint density at radius 3 is 2.90 bits per heavy atom. The Hall–Kier alpha value is -1.76. The van der Waals surface area contributed by atoms with Crippen molar-refractivity contribution >= 4 is 29.5 Å². The molecular formula is C13H17N3O3S. The highest BCUT2D eigenvalue weighted by Gasteiger charge is 2.32. The maximum absolute atomic E-state index is 12.5. The van der Waals surface area contributed by atoms with Gasteiger partial charge in [-0.2, -0.15) is 11.8 Å². The zero-order chi connectivity index (χ0) is 14.7. The largest absolute Gasteiger partial charge is 0.480 e. The summed E-state index contributed by atoms with van der Waals surface area (Å²) < 4.78 is 0. The molecule has 108 valence electrons. The molecule has 20 heavy (non-hydrogen) atoms. The molecule has 0 radical (unpaired) electrons. The van der Waals surface area contributed by atoms with Crippen LogP contribution in [-0.2, 0) is 4.79 Å². The number of rotatable bonds is 3. The van der Waals surface area contributed by atoms with Crippen molar-refractivity contribution in [1.29, 1.82) is 0 Å². The van der Waals surface area contributed by atoms with E-state index in [0.717, 1.165) is 5.75 Å². The number of thioether (sulfide) groups is 1. The summed E-state index contributed by atoms with van der Waals surface area (Å²) in [4.78, 5) is 31.1. The molecule has 2 rings (SSSR count). The minimum atomic E-state index is -0.951. The molecule has 6 nitrogen and oxygen atoms in total. The predicted molar refractivity (Wildman–Crippen MR) is 78.3 cm³/mol. The van der Waals surface area contributed by atoms with E-state index in [9.17, 15) is 14.7 Å². The van der Waals surface area contributed by atoms with Gasteiger partial charge in [0.1, 0.15) is 11.9 Å². The molecule has 0 aromatic carbocycles. The lowest BCUT2D eigenvalue weighted by molar-refractivity contribution is -0.141. The van der Waals surface area contributed by atoms with Gasteiger partial charge in [-0.05, 0) is 12.1 Å². The number of pyridine rings is 1. The van der Waals surface area contributed by atoms with E-state index >= 15 is 0 Å². The van der Waals surface area contributed by atoms with Crippen molar-refractivity contribution in [2.75, 3.05) is 37.0 Å². The smallest absolute Gasteiger partial charge is 0.327 e. The van der Waals surface area contributed by atoms with Crippen molar-refractivity contribution in [3.05, 3.63) is 23.9 Å². The van der Waals surface area contributed by atoms with Gasteiger partial charge in [-0.3, -0.25) is 4.79 Å². The molecule has 1 unspecified atom stereocenters. The molecule has 1 fully saturated rings. The monoisotopic (exact) mass is 295 g/mol. The Balaban J connectivity index is 2.25. The molecule has 1 saturated heterocycles. The number of hydrogen-bond donors (Lipinski definition) is 1. The number of nitrogens with zero attached hydrogens (tertiary/aromatic N) is 3. The third-order valence-electron chi connectivity index (χ3n) is 3.13. The van der Waals surface area contributed by atoms with E-state index in [1.807, 2.05) is 14.1 Å². The van der Waals surface area contributed by atoms with Crippen molar-refractivity contribution in [2.24, 2.45) is 0 Å². The molecule has 1 N–H and O–H groups in total. The number of anilines is 1. The van der Waals surface area contributed by atoms with Gasteiger partial charge in [-0.15, -0.1) is 0 Å². The molecule has 0 bridgehead atoms. The van der Waals surface area contributed by atoms with Crippen LogP contribution in [0.5, 0.6) is 0 Å². The average molecular weight is 295 g/mol. The topological polar surface area (TPSA) is 73.7 Å². The summed E-state index contributed by atoms with van der Waals surface area (Å²) in [6.07, 6.45) is 1.57. The lowest BCUT2D eigenvalue weighted by Gasteiger charge is -2.32. The zero-order valence-electron chi connectivity index (χ0n) is 11.4. The SMILES string of the molecule is CN(C)c1cc(C(=O)N2CCSCC2C(=O)O)ccn1. The summed E-state index contributed by atoms with van der Waals surface area (Å²) >= 11 is 1.56. The van der Waals surface area contributed by atoms with E-state index < -0.39 is 12.0 Å². The van der Waals surface area contributed by atoms with Gasteiger partial charge in [-0.1, -0.05) is 0 Å². The van der Waals surface area contributed by atoms with Crippen LogP contribution >= 0.6 is 11.8 Å². The third-order valence-corrected chi connectivity index (χ3v) is 4.15. The molecular weight excluding hydrogens is 278 g/mol. The fourth-order valence-electron chi connectivity index (χ4n) is 2.01. The summed E-state index contributed by atoms with van der Waals surface area (Å²) in [5.41, 5.74) is 0.474. The number of carboxylic acids is 1. The molecule has 0 aliphatic carbocycles. The van der Waals surface area contributed by atoms with Gasteiger partial charge in [0.05, 0.1) is 0 Å². The van der Waals surface area contributed by atoms with Crippen LogP contribution in [0, 0.1) is 0 Å². The number of hydrogen-bond acceptors (Lipinski definition) is 5. The fraction of sp³-hybridized carbons (Fsp3) is 0.462. The average Bonchev–Trinajstić information content (AvgIpc) is 2.46. The van der Waals surface area contributed by atoms with E-state index in [2.05, 4.69) is 4.98 Å². The zero-order valence-corrected chi connectivity index (χ0v) is 12.3. The highest BCUT2D eigenvalue weighted by atomic mass is 32.2. The number of amides is 1. The van der Waals surface area contributed by atoms with Gasteiger partial charge in [0.15, 0.2) is 0 Å². The lowest BCUT2D eigenvalue weighted by Crippen LogP contribution is -2.50. The Morgan fingerprint density at radius 1 is 1.50 bits per heavy atom. The first kappa shape index (κ1) is 14.6. The lowest BCUT2D eigenvalue weighted by atomic mass is 10.2. The Labute approximate surface area is 121 Å². The summed E-state index contributed by atoms with van der Waals surface area (Å²) in [6, 6.07) is 2.55. The maximum Gasteiger partial charge on any atom is 0.327 e. The van der Waals surface area contributed by atoms with Crippen LogP contribution in [-0.4, -0.2) is 65.1 Å². The van der Waals surface area contributed by atoms with Crippen LogP contribution in [0.4, 0.5) is 5.82 Å². The molecule has 0 saturated carbocycles. The van der Waals surface area contributed by atoms with Crippen LogP contribution in [0.15, 0.2) is 18.3 Å². The standard InChI is InChI=1S/C13H17N3O3S/c1-15(2)11-7-9(3-4-14-11)12(17)16-5-6-20-8-10(16)13(18)19/h3-4,7,10H,5-6,8H2,1-2H3,(H,18,19). The van der Waals surface area contributed by atoms with Gasteiger partial charge in [0, 0.05) is 43.9 Å². The Kier molecular flexibility index (Phi) is 4.49. The number of carbonyl (C=O) groups is 2. The van der Waals surface area contributed by atoms with Crippen LogP contribution in [0.2, 0.25) is 0 Å². The van der Waals surface area contributed by atoms with E-state index in [1.165, 1.54) is 4.90 Å². The van der Waals surface area contributed by atoms with Crippen LogP contribution < -0.4 is 4.90 Å². The van der Waals surface area contributed by atoms with Crippen molar-refractivity contribution in [3.63, 3.8) is 0 Å². The number of carbonyl (C=O) groups excluding carboxylic acids is 1. The second-order valence-electron chi connectivity index (χ2n) is 4.72. The van der Waals surface area contributed by atoms with E-state index in [0.29, 0.717) is 23.7 Å². The predicted octanol–water partition coefficient (Wildman–Crippen LogP) is 0.790. The highest BCUT2D eigenvalue weighted by Crippen LogP contribution is 2.20. The second kappa shape index (κ2) is 6.13. The van der Waals surface area contributed by atoms with Crippen LogP contribution in [0.3, 0.4) is 0 Å². The number of aliphatic carboxylic acids is 1. The fourth-order valence-corrected chi connectivity index (χ4v) is 3.05. The van der Waals surface area contributed by atoms with E-state index in [-0.39, 0.29) is 5.91 Å². The van der Waals surface area contributed by atoms with Crippen molar-refractivity contribution in [2.45, 2.75) is 6.04 Å². The molecule has 1 atom stereocenters. The van der Waals surface area contributed by atoms with Crippen LogP contribution in [0.25, 0.3) is 0 Å². The number of aromatic nitrogens is 1. The first-order valence-electron chi connectivity index (χ1n) is 6.25. The Morgan fingerprint density at radius 2 is 2.25 bits per heavy atom. The van der Waals surface area contributed by atoms with Gasteiger partial charge < -0.3 is 14.9 Å². The number of carboxylic acid groups (broad SMARTS) is 1. The first-order valence-corrected chi connectivity index (χ1v) is 7.41. The van der Waals surface area contributed by atoms with Crippen LogP contribution in [0.1, 0.15) is 10.4 Å². The molecule has 1 aromatic heterocycles. The third kappa shape index (κ3) is 3.04. The first-order chi connectivity index (χ1) is 9.50. The van der Waals surface area contributed by atoms with Gasteiger partial charge in [0.2, 0.25) is 0 Å². The molecule has 1 amide bonds. The van der Waals surface area contributed by atoms with Crippen molar-refractivity contribution < 1.29 is 14.7 Å². The second-order valence-corrected chi connectivity index (χ2v) is 5.87. The summed E-state index contributed by atoms with van der Waals surface area (Å²) in [5, 5.41) is 9.22. The molecule has 0 spiro atoms. The molecule has 7 heteroatoms.